The molecular weight excluding hydrogens is 634 g/mol. The first-order valence-electron chi connectivity index (χ1n) is 13.6. The zero-order chi connectivity index (χ0) is 30.6. The maximum absolute atomic E-state index is 12.4. The van der Waals surface area contributed by atoms with Gasteiger partial charge in [0.15, 0.2) is 0 Å². The number of hydrogen-bond acceptors (Lipinski definition) is 9. The molecule has 0 saturated heterocycles. The van der Waals surface area contributed by atoms with Crippen molar-refractivity contribution >= 4 is 50.4 Å². The molecule has 0 aliphatic rings. The van der Waals surface area contributed by atoms with Gasteiger partial charge in [-0.3, -0.25) is 14.9 Å². The number of aromatic nitrogens is 2. The van der Waals surface area contributed by atoms with Crippen molar-refractivity contribution in [2.24, 2.45) is 5.10 Å². The fourth-order valence-electron chi connectivity index (χ4n) is 3.83. The Bertz CT molecular complexity index is 1540. The second kappa shape index (κ2) is 15.8. The van der Waals surface area contributed by atoms with Crippen LogP contribution in [-0.2, 0) is 11.2 Å². The van der Waals surface area contributed by atoms with E-state index in [9.17, 15) is 9.59 Å². The minimum Gasteiger partial charge on any atom is -0.497 e. The van der Waals surface area contributed by atoms with Crippen LogP contribution in [0.3, 0.4) is 0 Å². The number of benzene rings is 3. The van der Waals surface area contributed by atoms with E-state index < -0.39 is 0 Å². The number of carbonyl (C=O) groups is 2. The molecule has 2 amide bonds. The number of amides is 2. The molecule has 12 heteroatoms. The quantitative estimate of drug-likeness (QED) is 0.0930. The molecule has 0 spiro atoms. The van der Waals surface area contributed by atoms with E-state index in [2.05, 4.69) is 68.0 Å². The Hall–Kier alpha value is -4.29. The molecule has 0 aliphatic heterocycles. The van der Waals surface area contributed by atoms with Crippen molar-refractivity contribution in [1.29, 1.82) is 0 Å². The lowest BCUT2D eigenvalue weighted by molar-refractivity contribution is -0.120. The van der Waals surface area contributed by atoms with E-state index in [1.54, 1.807) is 31.4 Å². The Morgan fingerprint density at radius 3 is 2.44 bits per heavy atom. The molecule has 43 heavy (non-hydrogen) atoms. The van der Waals surface area contributed by atoms with Crippen molar-refractivity contribution in [3.63, 3.8) is 0 Å². The third kappa shape index (κ3) is 9.62. The summed E-state index contributed by atoms with van der Waals surface area (Å²) in [5, 5.41) is 15.4. The first-order valence-corrected chi connectivity index (χ1v) is 15.2. The number of nitrogens with zero attached hydrogens (tertiary/aromatic N) is 3. The van der Waals surface area contributed by atoms with E-state index in [4.69, 9.17) is 14.2 Å². The largest absolute Gasteiger partial charge is 0.497 e. The Morgan fingerprint density at radius 1 is 1.00 bits per heavy atom. The fourth-order valence-corrected chi connectivity index (χ4v) is 4.94. The van der Waals surface area contributed by atoms with Gasteiger partial charge >= 0.3 is 0 Å². The highest BCUT2D eigenvalue weighted by Gasteiger charge is 2.13. The minimum absolute atomic E-state index is 0.0507. The van der Waals surface area contributed by atoms with Gasteiger partial charge in [-0.2, -0.15) is 5.10 Å². The van der Waals surface area contributed by atoms with Crippen molar-refractivity contribution in [2.45, 2.75) is 32.6 Å². The number of halogens is 1. The topological polar surface area (TPSA) is 124 Å². The third-order valence-electron chi connectivity index (χ3n) is 6.39. The van der Waals surface area contributed by atoms with Crippen LogP contribution in [0.5, 0.6) is 17.2 Å². The molecule has 0 fully saturated rings. The third-order valence-corrected chi connectivity index (χ3v) is 7.72. The number of rotatable bonds is 14. The predicted octanol–water partition coefficient (Wildman–Crippen LogP) is 6.23. The Balaban J connectivity index is 1.24. The monoisotopic (exact) mass is 665 g/mol. The highest BCUT2D eigenvalue weighted by Crippen LogP contribution is 2.23. The Morgan fingerprint density at radius 2 is 1.72 bits per heavy atom. The van der Waals surface area contributed by atoms with Crippen LogP contribution >= 0.6 is 27.3 Å². The molecule has 1 aromatic heterocycles. The smallest absolute Gasteiger partial charge is 0.257 e. The molecule has 2 N–H and O–H groups in total. The highest BCUT2D eigenvalue weighted by molar-refractivity contribution is 9.10. The lowest BCUT2D eigenvalue weighted by atomic mass is 9.99. The summed E-state index contributed by atoms with van der Waals surface area (Å²) in [6.07, 6.45) is 2.55. The van der Waals surface area contributed by atoms with Gasteiger partial charge in [0.25, 0.3) is 5.91 Å². The van der Waals surface area contributed by atoms with Crippen molar-refractivity contribution < 1.29 is 23.8 Å². The molecule has 1 atom stereocenters. The first-order chi connectivity index (χ1) is 20.8. The number of methoxy groups -OCH3 is 1. The van der Waals surface area contributed by atoms with Crippen LogP contribution in [0.1, 0.15) is 52.7 Å². The minimum atomic E-state index is -0.384. The van der Waals surface area contributed by atoms with Gasteiger partial charge in [0, 0.05) is 15.6 Å². The van der Waals surface area contributed by atoms with Crippen LogP contribution in [0.15, 0.2) is 76.3 Å². The maximum Gasteiger partial charge on any atom is 0.257 e. The zero-order valence-corrected chi connectivity index (χ0v) is 26.4. The second-order valence-corrected chi connectivity index (χ2v) is 11.4. The van der Waals surface area contributed by atoms with Gasteiger partial charge in [-0.05, 0) is 72.5 Å². The molecule has 3 aromatic carbocycles. The number of carbonyl (C=O) groups excluding carboxylic acids is 2. The molecule has 4 aromatic rings. The normalized spacial score (nSPS) is 11.6. The van der Waals surface area contributed by atoms with E-state index in [1.807, 2.05) is 30.3 Å². The summed E-state index contributed by atoms with van der Waals surface area (Å²) in [7, 11) is 1.55. The van der Waals surface area contributed by atoms with Gasteiger partial charge in [-0.25, -0.2) is 5.43 Å². The zero-order valence-electron chi connectivity index (χ0n) is 24.0. The van der Waals surface area contributed by atoms with E-state index in [1.165, 1.54) is 11.8 Å². The van der Waals surface area contributed by atoms with Crippen molar-refractivity contribution in [1.82, 2.24) is 15.6 Å². The molecule has 1 heterocycles. The summed E-state index contributed by atoms with van der Waals surface area (Å²) in [5.74, 6) is 1.83. The lowest BCUT2D eigenvalue weighted by Gasteiger charge is -2.12. The van der Waals surface area contributed by atoms with Gasteiger partial charge in [0.05, 0.1) is 19.7 Å². The van der Waals surface area contributed by atoms with Crippen LogP contribution in [0, 0.1) is 0 Å². The van der Waals surface area contributed by atoms with E-state index in [0.29, 0.717) is 46.8 Å². The highest BCUT2D eigenvalue weighted by atomic mass is 79.9. The van der Waals surface area contributed by atoms with Crippen molar-refractivity contribution in [3.05, 3.63) is 92.9 Å². The van der Waals surface area contributed by atoms with Crippen molar-refractivity contribution in [2.75, 3.05) is 25.6 Å². The summed E-state index contributed by atoms with van der Waals surface area (Å²) < 4.78 is 17.7. The summed E-state index contributed by atoms with van der Waals surface area (Å²) in [5.41, 5.74) is 4.90. The summed E-state index contributed by atoms with van der Waals surface area (Å²) in [6.45, 7) is 5.08. The lowest BCUT2D eigenvalue weighted by Crippen LogP contribution is -2.19. The van der Waals surface area contributed by atoms with E-state index >= 15 is 0 Å². The van der Waals surface area contributed by atoms with Gasteiger partial charge in [-0.1, -0.05) is 53.2 Å². The van der Waals surface area contributed by atoms with Crippen LogP contribution < -0.4 is 25.0 Å². The SMILES string of the molecule is CCC(C)c1ccc(OCCOc2ccc(Br)cc2/C=N/NC(=O)Cc2nnc(NC(=O)c3ccc(OC)cc3)s2)cc1. The average molecular weight is 667 g/mol. The summed E-state index contributed by atoms with van der Waals surface area (Å²) in [6, 6.07) is 20.3. The summed E-state index contributed by atoms with van der Waals surface area (Å²) in [4.78, 5) is 24.9. The van der Waals surface area contributed by atoms with E-state index in [0.717, 1.165) is 28.0 Å². The molecule has 1 unspecified atom stereocenters. The maximum atomic E-state index is 12.4. The average Bonchev–Trinajstić information content (AvgIpc) is 3.46. The second-order valence-electron chi connectivity index (χ2n) is 9.41. The molecule has 0 saturated carbocycles. The van der Waals surface area contributed by atoms with Gasteiger partial charge in [0.1, 0.15) is 35.5 Å². The fraction of sp³-hybridized carbons (Fsp3) is 0.258. The van der Waals surface area contributed by atoms with Crippen LogP contribution in [-0.4, -0.2) is 48.5 Å². The predicted molar refractivity (Wildman–Crippen MR) is 171 cm³/mol. The number of nitrogens with one attached hydrogen (secondary N) is 2. The van der Waals surface area contributed by atoms with Gasteiger partial charge < -0.3 is 14.2 Å². The van der Waals surface area contributed by atoms with Gasteiger partial charge in [0.2, 0.25) is 11.0 Å². The van der Waals surface area contributed by atoms with E-state index in [-0.39, 0.29) is 23.4 Å². The Labute approximate surface area is 262 Å². The molecule has 0 aliphatic carbocycles. The van der Waals surface area contributed by atoms with Gasteiger partial charge in [-0.15, -0.1) is 10.2 Å². The Kier molecular flexibility index (Phi) is 11.6. The molecular formula is C31H32BrN5O5S. The number of hydrogen-bond donors (Lipinski definition) is 2. The first kappa shape index (κ1) is 31.6. The molecule has 0 radical (unpaired) electrons. The molecule has 4 rings (SSSR count). The molecule has 0 bridgehead atoms. The molecule has 224 valence electrons. The van der Waals surface area contributed by atoms with Crippen molar-refractivity contribution in [3.8, 4) is 17.2 Å². The summed E-state index contributed by atoms with van der Waals surface area (Å²) >= 11 is 4.57. The number of hydrazone groups is 1. The number of anilines is 1. The van der Waals surface area contributed by atoms with Crippen LogP contribution in [0.4, 0.5) is 5.13 Å². The van der Waals surface area contributed by atoms with Crippen LogP contribution in [0.2, 0.25) is 0 Å². The van der Waals surface area contributed by atoms with Crippen LogP contribution in [0.25, 0.3) is 0 Å². The number of ether oxygens (including phenoxy) is 3. The standard InChI is InChI=1S/C31H32BrN5O5S/c1-4-20(2)21-5-12-26(13-6-21)41-15-16-42-27-14-9-24(32)17-23(27)19-33-35-28(38)18-29-36-37-31(43-29)34-30(39)22-7-10-25(40-3)11-8-22/h5-14,17,19-20H,4,15-16,18H2,1-3H3,(H,35,38)(H,34,37,39)/b33-19+. The molecule has 10 nitrogen and oxygen atoms in total.